The summed E-state index contributed by atoms with van der Waals surface area (Å²) >= 11 is 12.4. The molecular weight excluding hydrogens is 283 g/mol. The van der Waals surface area contributed by atoms with Gasteiger partial charge in [0.05, 0.1) is 15.7 Å². The van der Waals surface area contributed by atoms with E-state index in [-0.39, 0.29) is 0 Å². The lowest BCUT2D eigenvalue weighted by Gasteiger charge is -2.15. The molecule has 0 bridgehead atoms. The first-order valence-corrected chi connectivity index (χ1v) is 6.55. The largest absolute Gasteiger partial charge is 0.353 e. The molecule has 2 aromatic rings. The molecule has 0 aliphatic carbocycles. The highest BCUT2D eigenvalue weighted by molar-refractivity contribution is 6.39. The lowest BCUT2D eigenvalue weighted by molar-refractivity contribution is 0.161. The summed E-state index contributed by atoms with van der Waals surface area (Å²) in [6, 6.07) is 11.3. The minimum Gasteiger partial charge on any atom is -0.353 e. The fourth-order valence-corrected chi connectivity index (χ4v) is 2.25. The van der Waals surface area contributed by atoms with Gasteiger partial charge in [0.1, 0.15) is 0 Å². The Labute approximate surface area is 122 Å². The lowest BCUT2D eigenvalue weighted by Crippen LogP contribution is -2.08. The van der Waals surface area contributed by atoms with Crippen molar-refractivity contribution in [2.24, 2.45) is 0 Å². The highest BCUT2D eigenvalue weighted by Gasteiger charge is 2.10. The Morgan fingerprint density at radius 1 is 1.11 bits per heavy atom. The van der Waals surface area contributed by atoms with Crippen molar-refractivity contribution in [3.63, 3.8) is 0 Å². The molecule has 2 aromatic carbocycles. The molecule has 0 unspecified atom stereocenters. The van der Waals surface area contributed by atoms with Crippen molar-refractivity contribution < 1.29 is 5.21 Å². The van der Waals surface area contributed by atoms with Crippen LogP contribution in [0.5, 0.6) is 0 Å². The van der Waals surface area contributed by atoms with E-state index in [1.807, 2.05) is 37.3 Å². The molecule has 0 fully saturated rings. The minimum absolute atomic E-state index is 0.338. The molecule has 0 aliphatic heterocycles. The highest BCUT2D eigenvalue weighted by atomic mass is 35.5. The molecule has 2 rings (SSSR count). The van der Waals surface area contributed by atoms with Crippen LogP contribution in [0.3, 0.4) is 0 Å². The van der Waals surface area contributed by atoms with Crippen molar-refractivity contribution in [3.05, 3.63) is 57.6 Å². The van der Waals surface area contributed by atoms with E-state index in [4.69, 9.17) is 28.4 Å². The Morgan fingerprint density at radius 2 is 1.84 bits per heavy atom. The van der Waals surface area contributed by atoms with E-state index in [9.17, 15) is 0 Å². The normalized spacial score (nSPS) is 10.5. The number of aryl methyl sites for hydroxylation is 1. The van der Waals surface area contributed by atoms with Crippen LogP contribution in [0.2, 0.25) is 10.0 Å². The van der Waals surface area contributed by atoms with E-state index in [0.717, 1.165) is 16.8 Å². The van der Waals surface area contributed by atoms with Crippen molar-refractivity contribution >= 4 is 34.6 Å². The van der Waals surface area contributed by atoms with E-state index in [1.165, 1.54) is 0 Å². The number of hydrogen-bond acceptors (Lipinski definition) is 3. The van der Waals surface area contributed by atoms with Crippen molar-refractivity contribution in [1.29, 1.82) is 0 Å². The Balaban J connectivity index is 2.39. The van der Waals surface area contributed by atoms with Gasteiger partial charge in [-0.3, -0.25) is 0 Å². The monoisotopic (exact) mass is 296 g/mol. The molecular formula is C14H14Cl2N2O. The number of anilines is 2. The number of para-hydroxylation sites is 1. The van der Waals surface area contributed by atoms with Gasteiger partial charge in [-0.05, 0) is 30.2 Å². The number of hydroxylamine groups is 1. The second kappa shape index (κ2) is 6.26. The molecule has 5 heteroatoms. The first-order chi connectivity index (χ1) is 9.13. The van der Waals surface area contributed by atoms with Crippen LogP contribution < -0.4 is 10.8 Å². The van der Waals surface area contributed by atoms with Crippen LogP contribution in [0.25, 0.3) is 0 Å². The first-order valence-electron chi connectivity index (χ1n) is 5.80. The Hall–Kier alpha value is -1.26. The van der Waals surface area contributed by atoms with Crippen LogP contribution in [0, 0.1) is 6.92 Å². The zero-order valence-corrected chi connectivity index (χ0v) is 11.9. The van der Waals surface area contributed by atoms with Gasteiger partial charge >= 0.3 is 0 Å². The molecule has 0 aromatic heterocycles. The molecule has 100 valence electrons. The smallest absolute Gasteiger partial charge is 0.0765 e. The summed E-state index contributed by atoms with van der Waals surface area (Å²) in [5, 5.41) is 13.2. The zero-order valence-electron chi connectivity index (χ0n) is 10.4. The summed E-state index contributed by atoms with van der Waals surface area (Å²) < 4.78 is 0. The summed E-state index contributed by atoms with van der Waals surface area (Å²) in [7, 11) is 0. The average molecular weight is 297 g/mol. The Kier molecular flexibility index (Phi) is 4.66. The van der Waals surface area contributed by atoms with Gasteiger partial charge < -0.3 is 10.5 Å². The van der Waals surface area contributed by atoms with Crippen molar-refractivity contribution in [2.75, 3.05) is 5.32 Å². The Morgan fingerprint density at radius 3 is 2.58 bits per heavy atom. The van der Waals surface area contributed by atoms with E-state index >= 15 is 0 Å². The van der Waals surface area contributed by atoms with Crippen LogP contribution in [-0.2, 0) is 6.54 Å². The average Bonchev–Trinajstić information content (AvgIpc) is 2.41. The van der Waals surface area contributed by atoms with Gasteiger partial charge in [-0.25, -0.2) is 5.48 Å². The quantitative estimate of drug-likeness (QED) is 0.727. The molecule has 0 saturated carbocycles. The molecule has 0 aliphatic rings. The molecule has 0 spiro atoms. The number of rotatable bonds is 4. The summed E-state index contributed by atoms with van der Waals surface area (Å²) in [6.07, 6.45) is 0. The van der Waals surface area contributed by atoms with Crippen molar-refractivity contribution in [1.82, 2.24) is 5.48 Å². The molecule has 3 N–H and O–H groups in total. The number of halogens is 2. The fourth-order valence-electron chi connectivity index (χ4n) is 1.79. The van der Waals surface area contributed by atoms with Gasteiger partial charge in [-0.15, -0.1) is 0 Å². The maximum absolute atomic E-state index is 8.83. The van der Waals surface area contributed by atoms with E-state index < -0.39 is 0 Å². The SMILES string of the molecule is Cc1ccc(Cl)c(Nc2ccccc2CNO)c1Cl. The third-order valence-corrected chi connectivity index (χ3v) is 3.63. The zero-order chi connectivity index (χ0) is 13.8. The van der Waals surface area contributed by atoms with Gasteiger partial charge in [0, 0.05) is 12.2 Å². The molecule has 0 saturated heterocycles. The molecule has 0 amide bonds. The van der Waals surface area contributed by atoms with Crippen LogP contribution in [-0.4, -0.2) is 5.21 Å². The lowest BCUT2D eigenvalue weighted by atomic mass is 10.1. The van der Waals surface area contributed by atoms with Gasteiger partial charge in [-0.1, -0.05) is 47.5 Å². The molecule has 0 atom stereocenters. The van der Waals surface area contributed by atoms with Crippen LogP contribution in [0.4, 0.5) is 11.4 Å². The topological polar surface area (TPSA) is 44.3 Å². The second-order valence-corrected chi connectivity index (χ2v) is 4.96. The summed E-state index contributed by atoms with van der Waals surface area (Å²) in [5.74, 6) is 0. The number of benzene rings is 2. The Bertz CT molecular complexity index is 588. The third kappa shape index (κ3) is 3.19. The second-order valence-electron chi connectivity index (χ2n) is 4.17. The fraction of sp³-hybridized carbons (Fsp3) is 0.143. The van der Waals surface area contributed by atoms with Gasteiger partial charge in [0.2, 0.25) is 0 Å². The van der Waals surface area contributed by atoms with E-state index in [2.05, 4.69) is 10.8 Å². The van der Waals surface area contributed by atoms with Gasteiger partial charge in [0.25, 0.3) is 0 Å². The summed E-state index contributed by atoms with van der Waals surface area (Å²) in [5.41, 5.74) is 5.53. The van der Waals surface area contributed by atoms with Gasteiger partial charge in [-0.2, -0.15) is 0 Å². The highest BCUT2D eigenvalue weighted by Crippen LogP contribution is 2.35. The predicted octanol–water partition coefficient (Wildman–Crippen LogP) is 4.52. The van der Waals surface area contributed by atoms with Crippen LogP contribution in [0.1, 0.15) is 11.1 Å². The number of hydrogen-bond donors (Lipinski definition) is 3. The number of nitrogens with one attached hydrogen (secondary N) is 2. The molecule has 3 nitrogen and oxygen atoms in total. The minimum atomic E-state index is 0.338. The van der Waals surface area contributed by atoms with Crippen molar-refractivity contribution in [2.45, 2.75) is 13.5 Å². The maximum atomic E-state index is 8.83. The van der Waals surface area contributed by atoms with E-state index in [1.54, 1.807) is 6.07 Å². The molecule has 0 heterocycles. The van der Waals surface area contributed by atoms with Crippen LogP contribution in [0.15, 0.2) is 36.4 Å². The third-order valence-electron chi connectivity index (χ3n) is 2.83. The van der Waals surface area contributed by atoms with E-state index in [0.29, 0.717) is 22.3 Å². The van der Waals surface area contributed by atoms with Crippen molar-refractivity contribution in [3.8, 4) is 0 Å². The predicted molar refractivity (Wildman–Crippen MR) is 79.5 cm³/mol. The first kappa shape index (κ1) is 14.2. The standard InChI is InChI=1S/C14H14Cl2N2O/c1-9-6-7-11(15)14(13(9)16)18-12-5-3-2-4-10(12)8-17-19/h2-7,17-19H,8H2,1H3. The molecule has 19 heavy (non-hydrogen) atoms. The van der Waals surface area contributed by atoms with Crippen LogP contribution >= 0.6 is 23.2 Å². The molecule has 0 radical (unpaired) electrons. The summed E-state index contributed by atoms with van der Waals surface area (Å²) in [6.45, 7) is 2.26. The van der Waals surface area contributed by atoms with Gasteiger partial charge in [0.15, 0.2) is 0 Å². The summed E-state index contributed by atoms with van der Waals surface area (Å²) in [4.78, 5) is 0. The maximum Gasteiger partial charge on any atom is 0.0765 e.